The van der Waals surface area contributed by atoms with Gasteiger partial charge < -0.3 is 9.47 Å². The van der Waals surface area contributed by atoms with Crippen molar-refractivity contribution in [3.8, 4) is 0 Å². The number of hydrogen-bond donors (Lipinski definition) is 0. The number of cyclic esters (lactones) is 2. The summed E-state index contributed by atoms with van der Waals surface area (Å²) in [6.45, 7) is 5.83. The first-order chi connectivity index (χ1) is 10.5. The highest BCUT2D eigenvalue weighted by atomic mass is 16.6. The van der Waals surface area contributed by atoms with Crippen LogP contribution in [0.4, 0.5) is 0 Å². The first-order valence-corrected chi connectivity index (χ1v) is 8.21. The molecule has 2 aliphatic carbocycles. The van der Waals surface area contributed by atoms with Crippen molar-refractivity contribution in [2.24, 2.45) is 23.2 Å². The van der Waals surface area contributed by atoms with E-state index in [1.54, 1.807) is 0 Å². The van der Waals surface area contributed by atoms with Crippen LogP contribution in [0.3, 0.4) is 0 Å². The highest BCUT2D eigenvalue weighted by Gasteiger charge is 2.55. The number of fused-ring (bicyclic) bond motifs is 2. The Balaban J connectivity index is 1.79. The van der Waals surface area contributed by atoms with Gasteiger partial charge in [-0.25, -0.2) is 0 Å². The second-order valence-electron chi connectivity index (χ2n) is 7.53. The molecule has 0 amide bonds. The van der Waals surface area contributed by atoms with E-state index in [1.165, 1.54) is 16.7 Å². The molecular formula is C18H22O4. The summed E-state index contributed by atoms with van der Waals surface area (Å²) < 4.78 is 10.6. The lowest BCUT2D eigenvalue weighted by Crippen LogP contribution is -2.44. The second-order valence-corrected chi connectivity index (χ2v) is 7.53. The third-order valence-electron chi connectivity index (χ3n) is 6.19. The summed E-state index contributed by atoms with van der Waals surface area (Å²) in [7, 11) is 0. The molecule has 0 spiro atoms. The fraction of sp³-hybridized carbons (Fsp3) is 0.667. The van der Waals surface area contributed by atoms with E-state index < -0.39 is 0 Å². The molecule has 4 nitrogen and oxygen atoms in total. The van der Waals surface area contributed by atoms with E-state index in [1.807, 2.05) is 0 Å². The van der Waals surface area contributed by atoms with E-state index in [0.717, 1.165) is 32.5 Å². The van der Waals surface area contributed by atoms with Crippen LogP contribution < -0.4 is 0 Å². The predicted molar refractivity (Wildman–Crippen MR) is 79.7 cm³/mol. The lowest BCUT2D eigenvalue weighted by molar-refractivity contribution is -0.155. The number of ether oxygens (including phenoxy) is 2. The highest BCUT2D eigenvalue weighted by Crippen LogP contribution is 2.57. The lowest BCUT2D eigenvalue weighted by atomic mass is 9.54. The zero-order valence-electron chi connectivity index (χ0n) is 13.2. The molecule has 0 aromatic rings. The van der Waals surface area contributed by atoms with Crippen molar-refractivity contribution in [3.63, 3.8) is 0 Å². The molecule has 0 aromatic carbocycles. The van der Waals surface area contributed by atoms with Crippen molar-refractivity contribution in [1.29, 1.82) is 0 Å². The normalized spacial score (nSPS) is 41.2. The SMILES string of the molecule is CC1=CC2=C3COCC3CC(C)(C3CC(=O)OC3=O)C2CC1. The molecule has 2 fully saturated rings. The molecular weight excluding hydrogens is 280 g/mol. The van der Waals surface area contributed by atoms with Crippen LogP contribution in [0, 0.1) is 23.2 Å². The van der Waals surface area contributed by atoms with Crippen molar-refractivity contribution in [3.05, 3.63) is 22.8 Å². The minimum Gasteiger partial charge on any atom is -0.393 e. The molecule has 0 aromatic heterocycles. The van der Waals surface area contributed by atoms with Gasteiger partial charge in [-0.05, 0) is 48.7 Å². The van der Waals surface area contributed by atoms with Crippen LogP contribution in [0.1, 0.15) is 39.5 Å². The van der Waals surface area contributed by atoms with Crippen LogP contribution in [0.5, 0.6) is 0 Å². The Morgan fingerprint density at radius 1 is 1.27 bits per heavy atom. The molecule has 0 bridgehead atoms. The molecule has 0 radical (unpaired) electrons. The highest BCUT2D eigenvalue weighted by molar-refractivity contribution is 5.95. The van der Waals surface area contributed by atoms with Gasteiger partial charge in [0.15, 0.2) is 0 Å². The molecule has 0 saturated carbocycles. The Morgan fingerprint density at radius 2 is 2.09 bits per heavy atom. The Hall–Kier alpha value is -1.42. The van der Waals surface area contributed by atoms with Crippen molar-refractivity contribution >= 4 is 11.9 Å². The van der Waals surface area contributed by atoms with Gasteiger partial charge >= 0.3 is 11.9 Å². The number of carbonyl (C=O) groups excluding carboxylic acids is 2. The molecule has 4 unspecified atom stereocenters. The molecule has 22 heavy (non-hydrogen) atoms. The van der Waals surface area contributed by atoms with Crippen LogP contribution in [-0.4, -0.2) is 25.2 Å². The molecule has 4 aliphatic rings. The molecule has 118 valence electrons. The van der Waals surface area contributed by atoms with Crippen LogP contribution in [0.25, 0.3) is 0 Å². The monoisotopic (exact) mass is 302 g/mol. The molecule has 2 heterocycles. The largest absolute Gasteiger partial charge is 0.393 e. The quantitative estimate of drug-likeness (QED) is 0.552. The van der Waals surface area contributed by atoms with Gasteiger partial charge in [-0.1, -0.05) is 18.6 Å². The smallest absolute Gasteiger partial charge is 0.317 e. The van der Waals surface area contributed by atoms with Crippen LogP contribution in [0.15, 0.2) is 22.8 Å². The van der Waals surface area contributed by atoms with Gasteiger partial charge in [-0.3, -0.25) is 9.59 Å². The lowest BCUT2D eigenvalue weighted by Gasteiger charge is -2.48. The Bertz CT molecular complexity index is 615. The summed E-state index contributed by atoms with van der Waals surface area (Å²) in [5.74, 6) is -0.248. The van der Waals surface area contributed by atoms with E-state index in [-0.39, 0.29) is 29.7 Å². The van der Waals surface area contributed by atoms with Gasteiger partial charge in [0.2, 0.25) is 0 Å². The zero-order chi connectivity index (χ0) is 15.5. The average Bonchev–Trinajstić information content (AvgIpc) is 3.05. The molecule has 0 N–H and O–H groups in total. The van der Waals surface area contributed by atoms with Crippen LogP contribution in [0.2, 0.25) is 0 Å². The Kier molecular flexibility index (Phi) is 3.09. The standard InChI is InChI=1S/C18H22O4/c1-10-3-4-14-12(5-10)13-9-21-8-11(13)7-18(14,2)15-6-16(19)22-17(15)20/h5,11,14-15H,3-4,6-9H2,1-2H3. The molecule has 2 aliphatic heterocycles. The Labute approximate surface area is 130 Å². The third-order valence-corrected chi connectivity index (χ3v) is 6.19. The number of rotatable bonds is 1. The topological polar surface area (TPSA) is 52.6 Å². The maximum Gasteiger partial charge on any atom is 0.317 e. The van der Waals surface area contributed by atoms with E-state index >= 15 is 0 Å². The number of esters is 2. The van der Waals surface area contributed by atoms with Gasteiger partial charge in [0.05, 0.1) is 25.6 Å². The van der Waals surface area contributed by atoms with Gasteiger partial charge in [0.25, 0.3) is 0 Å². The summed E-state index contributed by atoms with van der Waals surface area (Å²) in [6, 6.07) is 0. The van der Waals surface area contributed by atoms with Crippen LogP contribution in [-0.2, 0) is 19.1 Å². The summed E-state index contributed by atoms with van der Waals surface area (Å²) >= 11 is 0. The van der Waals surface area contributed by atoms with Crippen molar-refractivity contribution < 1.29 is 19.1 Å². The van der Waals surface area contributed by atoms with Crippen molar-refractivity contribution in [2.75, 3.05) is 13.2 Å². The predicted octanol–water partition coefficient (Wildman–Crippen LogP) is 2.79. The first kappa shape index (κ1) is 14.2. The average molecular weight is 302 g/mol. The van der Waals surface area contributed by atoms with Gasteiger partial charge in [0.1, 0.15) is 0 Å². The van der Waals surface area contributed by atoms with Crippen molar-refractivity contribution in [1.82, 2.24) is 0 Å². The van der Waals surface area contributed by atoms with E-state index in [2.05, 4.69) is 19.9 Å². The zero-order valence-corrected chi connectivity index (χ0v) is 13.2. The summed E-state index contributed by atoms with van der Waals surface area (Å²) in [4.78, 5) is 23.8. The number of carbonyl (C=O) groups is 2. The maximum atomic E-state index is 12.2. The second kappa shape index (κ2) is 4.79. The van der Waals surface area contributed by atoms with Gasteiger partial charge in [-0.2, -0.15) is 0 Å². The molecule has 4 heteroatoms. The third kappa shape index (κ3) is 1.93. The molecule has 2 saturated heterocycles. The van der Waals surface area contributed by atoms with Gasteiger partial charge in [0, 0.05) is 5.92 Å². The maximum absolute atomic E-state index is 12.2. The first-order valence-electron chi connectivity index (χ1n) is 8.21. The summed E-state index contributed by atoms with van der Waals surface area (Å²) in [5, 5.41) is 0. The summed E-state index contributed by atoms with van der Waals surface area (Å²) in [5.41, 5.74) is 4.02. The summed E-state index contributed by atoms with van der Waals surface area (Å²) in [6.07, 6.45) is 5.60. The Morgan fingerprint density at radius 3 is 2.82 bits per heavy atom. The molecule has 4 rings (SSSR count). The number of hydrogen-bond acceptors (Lipinski definition) is 4. The fourth-order valence-corrected chi connectivity index (χ4v) is 5.03. The minimum absolute atomic E-state index is 0.197. The fourth-order valence-electron chi connectivity index (χ4n) is 5.03. The van der Waals surface area contributed by atoms with E-state index in [9.17, 15) is 9.59 Å². The van der Waals surface area contributed by atoms with E-state index in [0.29, 0.717) is 11.8 Å². The van der Waals surface area contributed by atoms with Gasteiger partial charge in [-0.15, -0.1) is 0 Å². The van der Waals surface area contributed by atoms with E-state index in [4.69, 9.17) is 9.47 Å². The van der Waals surface area contributed by atoms with Crippen LogP contribution >= 0.6 is 0 Å². The minimum atomic E-state index is -0.363. The number of allylic oxidation sites excluding steroid dienone is 3. The van der Waals surface area contributed by atoms with Crippen molar-refractivity contribution in [2.45, 2.75) is 39.5 Å². The molecule has 4 atom stereocenters.